The summed E-state index contributed by atoms with van der Waals surface area (Å²) in [4.78, 5) is 24.1. The van der Waals surface area contributed by atoms with Crippen LogP contribution >= 0.6 is 0 Å². The molecule has 7 nitrogen and oxygen atoms in total. The topological polar surface area (TPSA) is 89.2 Å². The number of anilines is 1. The second-order valence-electron chi connectivity index (χ2n) is 6.87. The van der Waals surface area contributed by atoms with Gasteiger partial charge in [0, 0.05) is 25.1 Å². The van der Waals surface area contributed by atoms with Crippen LogP contribution in [-0.4, -0.2) is 28.1 Å². The van der Waals surface area contributed by atoms with Gasteiger partial charge in [-0.2, -0.15) is 5.10 Å². The van der Waals surface area contributed by atoms with Crippen LogP contribution in [0.15, 0.2) is 53.2 Å². The molecule has 0 atom stereocenters. The van der Waals surface area contributed by atoms with Crippen molar-refractivity contribution in [3.8, 4) is 5.69 Å². The van der Waals surface area contributed by atoms with E-state index in [2.05, 4.69) is 21.8 Å². The molecule has 0 aliphatic rings. The first kappa shape index (κ1) is 20.1. The Kier molecular flexibility index (Phi) is 6.29. The maximum Gasteiger partial charge on any atom is 0.244 e. The van der Waals surface area contributed by atoms with Gasteiger partial charge in [-0.15, -0.1) is 0 Å². The Bertz CT molecular complexity index is 1010. The SMILES string of the molecule is Cc1cc(C)cc(-n2nc(C)cc2NC(=O)CCNC(=O)/C=C/c2ccco2)c1. The first-order valence-corrected chi connectivity index (χ1v) is 9.35. The van der Waals surface area contributed by atoms with Crippen LogP contribution in [-0.2, 0) is 9.59 Å². The van der Waals surface area contributed by atoms with Crippen molar-refractivity contribution < 1.29 is 14.0 Å². The summed E-state index contributed by atoms with van der Waals surface area (Å²) >= 11 is 0. The van der Waals surface area contributed by atoms with Crippen LogP contribution in [0.1, 0.15) is 29.0 Å². The number of hydrogen-bond donors (Lipinski definition) is 2. The zero-order chi connectivity index (χ0) is 20.8. The van der Waals surface area contributed by atoms with Crippen molar-refractivity contribution in [2.24, 2.45) is 0 Å². The molecule has 29 heavy (non-hydrogen) atoms. The van der Waals surface area contributed by atoms with Crippen molar-refractivity contribution in [1.82, 2.24) is 15.1 Å². The molecule has 2 N–H and O–H groups in total. The predicted octanol–water partition coefficient (Wildman–Crippen LogP) is 3.55. The highest BCUT2D eigenvalue weighted by atomic mass is 16.3. The third-order valence-electron chi connectivity index (χ3n) is 4.14. The van der Waals surface area contributed by atoms with Crippen molar-refractivity contribution in [2.45, 2.75) is 27.2 Å². The van der Waals surface area contributed by atoms with Gasteiger partial charge in [0.05, 0.1) is 17.6 Å². The minimum atomic E-state index is -0.287. The quantitative estimate of drug-likeness (QED) is 0.602. The molecular weight excluding hydrogens is 368 g/mol. The Morgan fingerprint density at radius 3 is 2.59 bits per heavy atom. The highest BCUT2D eigenvalue weighted by Gasteiger charge is 2.12. The van der Waals surface area contributed by atoms with Gasteiger partial charge in [-0.3, -0.25) is 9.59 Å². The molecule has 2 aromatic heterocycles. The molecule has 2 heterocycles. The fourth-order valence-corrected chi connectivity index (χ4v) is 2.97. The molecule has 0 saturated heterocycles. The molecule has 0 unspecified atom stereocenters. The van der Waals surface area contributed by atoms with Gasteiger partial charge in [0.25, 0.3) is 0 Å². The van der Waals surface area contributed by atoms with Crippen molar-refractivity contribution in [3.05, 3.63) is 71.3 Å². The van der Waals surface area contributed by atoms with Gasteiger partial charge >= 0.3 is 0 Å². The van der Waals surface area contributed by atoms with Gasteiger partial charge in [0.2, 0.25) is 11.8 Å². The Labute approximate surface area is 169 Å². The number of aryl methyl sites for hydroxylation is 3. The summed E-state index contributed by atoms with van der Waals surface area (Å²) in [5, 5.41) is 10.0. The molecule has 3 rings (SSSR count). The smallest absolute Gasteiger partial charge is 0.244 e. The van der Waals surface area contributed by atoms with Crippen LogP contribution < -0.4 is 10.6 Å². The minimum Gasteiger partial charge on any atom is -0.465 e. The maximum absolute atomic E-state index is 12.3. The van der Waals surface area contributed by atoms with Crippen LogP contribution in [0.5, 0.6) is 0 Å². The lowest BCUT2D eigenvalue weighted by Gasteiger charge is -2.11. The summed E-state index contributed by atoms with van der Waals surface area (Å²) < 4.78 is 6.84. The van der Waals surface area contributed by atoms with Crippen molar-refractivity contribution in [1.29, 1.82) is 0 Å². The fourth-order valence-electron chi connectivity index (χ4n) is 2.97. The van der Waals surface area contributed by atoms with Crippen LogP contribution in [0, 0.1) is 20.8 Å². The third-order valence-corrected chi connectivity index (χ3v) is 4.14. The van der Waals surface area contributed by atoms with Crippen LogP contribution in [0.3, 0.4) is 0 Å². The lowest BCUT2D eigenvalue weighted by Crippen LogP contribution is -2.26. The average molecular weight is 392 g/mol. The van der Waals surface area contributed by atoms with E-state index in [0.29, 0.717) is 11.6 Å². The lowest BCUT2D eigenvalue weighted by atomic mass is 10.1. The van der Waals surface area contributed by atoms with Gasteiger partial charge in [-0.25, -0.2) is 4.68 Å². The number of aromatic nitrogens is 2. The van der Waals surface area contributed by atoms with Gasteiger partial charge in [-0.05, 0) is 62.2 Å². The van der Waals surface area contributed by atoms with E-state index < -0.39 is 0 Å². The van der Waals surface area contributed by atoms with E-state index in [1.165, 1.54) is 12.3 Å². The maximum atomic E-state index is 12.3. The molecule has 7 heteroatoms. The molecule has 0 fully saturated rings. The molecule has 0 saturated carbocycles. The van der Waals surface area contributed by atoms with Gasteiger partial charge < -0.3 is 15.1 Å². The van der Waals surface area contributed by atoms with Gasteiger partial charge in [0.15, 0.2) is 0 Å². The van der Waals surface area contributed by atoms with Gasteiger partial charge in [0.1, 0.15) is 11.6 Å². The Morgan fingerprint density at radius 2 is 1.90 bits per heavy atom. The summed E-state index contributed by atoms with van der Waals surface area (Å²) in [6.07, 6.45) is 4.62. The molecule has 0 bridgehead atoms. The molecule has 150 valence electrons. The molecule has 0 spiro atoms. The zero-order valence-electron chi connectivity index (χ0n) is 16.7. The monoisotopic (exact) mass is 392 g/mol. The van der Waals surface area contributed by atoms with Crippen molar-refractivity contribution in [3.63, 3.8) is 0 Å². The number of carbonyl (C=O) groups is 2. The van der Waals surface area contributed by atoms with Crippen LogP contribution in [0.25, 0.3) is 11.8 Å². The number of rotatable bonds is 7. The van der Waals surface area contributed by atoms with Gasteiger partial charge in [-0.1, -0.05) is 6.07 Å². The van der Waals surface area contributed by atoms with E-state index in [9.17, 15) is 9.59 Å². The molecule has 3 aromatic rings. The zero-order valence-corrected chi connectivity index (χ0v) is 16.7. The minimum absolute atomic E-state index is 0.150. The van der Waals surface area contributed by atoms with E-state index >= 15 is 0 Å². The third kappa shape index (κ3) is 5.68. The first-order valence-electron chi connectivity index (χ1n) is 9.35. The Balaban J connectivity index is 1.56. The molecule has 2 amide bonds. The summed E-state index contributed by atoms with van der Waals surface area (Å²) in [5.41, 5.74) is 3.93. The highest BCUT2D eigenvalue weighted by molar-refractivity contribution is 5.93. The van der Waals surface area contributed by atoms with E-state index in [0.717, 1.165) is 22.5 Å². The Morgan fingerprint density at radius 1 is 1.14 bits per heavy atom. The van der Waals surface area contributed by atoms with Crippen LogP contribution in [0.4, 0.5) is 5.82 Å². The highest BCUT2D eigenvalue weighted by Crippen LogP contribution is 2.19. The lowest BCUT2D eigenvalue weighted by molar-refractivity contribution is -0.117. The van der Waals surface area contributed by atoms with Crippen molar-refractivity contribution in [2.75, 3.05) is 11.9 Å². The number of benzene rings is 1. The van der Waals surface area contributed by atoms with E-state index in [1.54, 1.807) is 22.9 Å². The molecular formula is C22H24N4O3. The summed E-state index contributed by atoms with van der Waals surface area (Å²) in [6.45, 7) is 6.15. The van der Waals surface area contributed by atoms with E-state index in [1.807, 2.05) is 39.0 Å². The van der Waals surface area contributed by atoms with Crippen molar-refractivity contribution >= 4 is 23.7 Å². The number of hydrogen-bond acceptors (Lipinski definition) is 4. The second kappa shape index (κ2) is 9.05. The first-order chi connectivity index (χ1) is 13.9. The molecule has 0 aliphatic carbocycles. The fraction of sp³-hybridized carbons (Fsp3) is 0.227. The predicted molar refractivity (Wildman–Crippen MR) is 112 cm³/mol. The van der Waals surface area contributed by atoms with Crippen LogP contribution in [0.2, 0.25) is 0 Å². The summed E-state index contributed by atoms with van der Waals surface area (Å²) in [5.74, 6) is 0.700. The number of furan rings is 1. The van der Waals surface area contributed by atoms with E-state index in [-0.39, 0.29) is 24.8 Å². The van der Waals surface area contributed by atoms with E-state index in [4.69, 9.17) is 4.42 Å². The average Bonchev–Trinajstić information content (AvgIpc) is 3.28. The second-order valence-corrected chi connectivity index (χ2v) is 6.87. The normalized spacial score (nSPS) is 11.0. The number of carbonyl (C=O) groups excluding carboxylic acids is 2. The number of amides is 2. The molecule has 1 aromatic carbocycles. The molecule has 0 radical (unpaired) electrons. The standard InChI is InChI=1S/C22H24N4O3/c1-15-11-16(2)13-18(12-15)26-20(14-17(3)25-26)24-22(28)8-9-23-21(27)7-6-19-5-4-10-29-19/h4-7,10-14H,8-9H2,1-3H3,(H,23,27)(H,24,28)/b7-6+. The summed E-state index contributed by atoms with van der Waals surface area (Å²) in [7, 11) is 0. The number of nitrogens with one attached hydrogen (secondary N) is 2. The largest absolute Gasteiger partial charge is 0.465 e. The number of nitrogens with zero attached hydrogens (tertiary/aromatic N) is 2. The Hall–Kier alpha value is -3.61. The summed E-state index contributed by atoms with van der Waals surface area (Å²) in [6, 6.07) is 11.4. The molecule has 0 aliphatic heterocycles.